The largest absolute Gasteiger partial charge is 0.491 e. The van der Waals surface area contributed by atoms with Crippen LogP contribution >= 0.6 is 0 Å². The van der Waals surface area contributed by atoms with E-state index in [9.17, 15) is 4.79 Å². The number of Topliss-reactive ketones (excluding diaryl/α,β-unsaturated/α-hetero) is 1. The van der Waals surface area contributed by atoms with Crippen LogP contribution in [0.15, 0.2) is 24.3 Å². The maximum atomic E-state index is 12.1. The van der Waals surface area contributed by atoms with Gasteiger partial charge in [-0.05, 0) is 44.4 Å². The molecule has 1 unspecified atom stereocenters. The molecule has 2 rings (SSSR count). The first-order valence-corrected chi connectivity index (χ1v) is 6.96. The molecule has 1 aliphatic rings. The molecule has 1 aliphatic carbocycles. The smallest absolute Gasteiger partial charge is 0.140 e. The zero-order chi connectivity index (χ0) is 13.0. The maximum Gasteiger partial charge on any atom is 0.140 e. The summed E-state index contributed by atoms with van der Waals surface area (Å²) in [6, 6.07) is 8.05. The lowest BCUT2D eigenvalue weighted by Crippen LogP contribution is -2.11. The fourth-order valence-electron chi connectivity index (χ4n) is 2.59. The SMILES string of the molecule is CC(C)Oc1cccc(C2CCCCCC2=O)c1. The lowest BCUT2D eigenvalue weighted by molar-refractivity contribution is -0.120. The van der Waals surface area contributed by atoms with Crippen molar-refractivity contribution < 1.29 is 9.53 Å². The molecule has 98 valence electrons. The molecule has 2 heteroatoms. The summed E-state index contributed by atoms with van der Waals surface area (Å²) in [6.45, 7) is 4.03. The minimum atomic E-state index is 0.0863. The highest BCUT2D eigenvalue weighted by atomic mass is 16.5. The summed E-state index contributed by atoms with van der Waals surface area (Å²) in [6.07, 6.45) is 5.29. The van der Waals surface area contributed by atoms with Gasteiger partial charge in [0.1, 0.15) is 11.5 Å². The minimum Gasteiger partial charge on any atom is -0.491 e. The fourth-order valence-corrected chi connectivity index (χ4v) is 2.59. The summed E-state index contributed by atoms with van der Waals surface area (Å²) in [4.78, 5) is 12.1. The molecule has 0 spiro atoms. The molecule has 1 fully saturated rings. The predicted molar refractivity (Wildman–Crippen MR) is 73.0 cm³/mol. The highest BCUT2D eigenvalue weighted by Crippen LogP contribution is 2.30. The molecule has 2 nitrogen and oxygen atoms in total. The van der Waals surface area contributed by atoms with Gasteiger partial charge in [-0.2, -0.15) is 0 Å². The molecular formula is C16H22O2. The highest BCUT2D eigenvalue weighted by Gasteiger charge is 2.22. The minimum absolute atomic E-state index is 0.0863. The van der Waals surface area contributed by atoms with Gasteiger partial charge < -0.3 is 4.74 Å². The van der Waals surface area contributed by atoms with Crippen LogP contribution in [-0.2, 0) is 4.79 Å². The summed E-state index contributed by atoms with van der Waals surface area (Å²) in [5.41, 5.74) is 1.13. The Balaban J connectivity index is 2.18. The first-order valence-electron chi connectivity index (χ1n) is 6.96. The first kappa shape index (κ1) is 13.1. The summed E-state index contributed by atoms with van der Waals surface area (Å²) in [7, 11) is 0. The summed E-state index contributed by atoms with van der Waals surface area (Å²) >= 11 is 0. The second-order valence-electron chi connectivity index (χ2n) is 5.36. The summed E-state index contributed by atoms with van der Waals surface area (Å²) in [5.74, 6) is 1.36. The monoisotopic (exact) mass is 246 g/mol. The molecule has 0 bridgehead atoms. The molecule has 0 amide bonds. The molecule has 0 N–H and O–H groups in total. The Labute approximate surface area is 109 Å². The number of ether oxygens (including phenoxy) is 1. The van der Waals surface area contributed by atoms with Gasteiger partial charge >= 0.3 is 0 Å². The summed E-state index contributed by atoms with van der Waals surface area (Å²) < 4.78 is 5.70. The highest BCUT2D eigenvalue weighted by molar-refractivity contribution is 5.86. The van der Waals surface area contributed by atoms with Crippen LogP contribution in [0.3, 0.4) is 0 Å². The zero-order valence-corrected chi connectivity index (χ0v) is 11.3. The second-order valence-corrected chi connectivity index (χ2v) is 5.36. The van der Waals surface area contributed by atoms with E-state index in [0.717, 1.165) is 37.0 Å². The number of benzene rings is 1. The third kappa shape index (κ3) is 3.34. The number of carbonyl (C=O) groups is 1. The quantitative estimate of drug-likeness (QED) is 0.751. The fraction of sp³-hybridized carbons (Fsp3) is 0.562. The number of carbonyl (C=O) groups excluding carboxylic acids is 1. The van der Waals surface area contributed by atoms with Crippen LogP contribution in [0.1, 0.15) is 57.4 Å². The zero-order valence-electron chi connectivity index (χ0n) is 11.3. The molecule has 0 aliphatic heterocycles. The number of rotatable bonds is 3. The van der Waals surface area contributed by atoms with Crippen LogP contribution in [0.5, 0.6) is 5.75 Å². The van der Waals surface area contributed by atoms with Crippen molar-refractivity contribution in [3.8, 4) is 5.75 Å². The van der Waals surface area contributed by atoms with Gasteiger partial charge in [0.15, 0.2) is 0 Å². The van der Waals surface area contributed by atoms with Crippen molar-refractivity contribution in [2.45, 2.75) is 58.0 Å². The Hall–Kier alpha value is -1.31. The standard InChI is InChI=1S/C16H22O2/c1-12(2)18-14-8-6-7-13(11-14)15-9-4-3-5-10-16(15)17/h6-8,11-12,15H,3-5,9-10H2,1-2H3. The van der Waals surface area contributed by atoms with E-state index >= 15 is 0 Å². The second kappa shape index (κ2) is 6.03. The van der Waals surface area contributed by atoms with Gasteiger partial charge in [-0.15, -0.1) is 0 Å². The Bertz CT molecular complexity index is 409. The molecule has 0 aromatic heterocycles. The van der Waals surface area contributed by atoms with E-state index in [0.29, 0.717) is 5.78 Å². The molecule has 18 heavy (non-hydrogen) atoms. The van der Waals surface area contributed by atoms with Gasteiger partial charge in [-0.1, -0.05) is 25.0 Å². The Morgan fingerprint density at radius 1 is 1.22 bits per heavy atom. The van der Waals surface area contributed by atoms with Crippen LogP contribution in [-0.4, -0.2) is 11.9 Å². The molecule has 0 saturated heterocycles. The number of ketones is 1. The van der Waals surface area contributed by atoms with E-state index in [1.807, 2.05) is 32.0 Å². The van der Waals surface area contributed by atoms with Crippen molar-refractivity contribution in [3.05, 3.63) is 29.8 Å². The normalized spacial score (nSPS) is 20.8. The van der Waals surface area contributed by atoms with Crippen molar-refractivity contribution in [1.29, 1.82) is 0 Å². The van der Waals surface area contributed by atoms with Gasteiger partial charge in [-0.25, -0.2) is 0 Å². The first-order chi connectivity index (χ1) is 8.66. The Kier molecular flexibility index (Phi) is 4.40. The van der Waals surface area contributed by atoms with Gasteiger partial charge in [0.2, 0.25) is 0 Å². The third-order valence-electron chi connectivity index (χ3n) is 3.44. The maximum absolute atomic E-state index is 12.1. The molecule has 0 radical (unpaired) electrons. The van der Waals surface area contributed by atoms with Crippen LogP contribution in [0.2, 0.25) is 0 Å². The topological polar surface area (TPSA) is 26.3 Å². The predicted octanol–water partition coefficient (Wildman–Crippen LogP) is 4.09. The van der Waals surface area contributed by atoms with Crippen LogP contribution in [0, 0.1) is 0 Å². The van der Waals surface area contributed by atoms with Crippen molar-refractivity contribution >= 4 is 5.78 Å². The van der Waals surface area contributed by atoms with E-state index in [2.05, 4.69) is 6.07 Å². The average Bonchev–Trinajstić information content (AvgIpc) is 2.53. The van der Waals surface area contributed by atoms with E-state index in [1.165, 1.54) is 6.42 Å². The lowest BCUT2D eigenvalue weighted by atomic mass is 9.90. The van der Waals surface area contributed by atoms with Gasteiger partial charge in [0.25, 0.3) is 0 Å². The number of hydrogen-bond donors (Lipinski definition) is 0. The van der Waals surface area contributed by atoms with E-state index in [-0.39, 0.29) is 12.0 Å². The van der Waals surface area contributed by atoms with Crippen LogP contribution in [0.25, 0.3) is 0 Å². The van der Waals surface area contributed by atoms with E-state index < -0.39 is 0 Å². The summed E-state index contributed by atoms with van der Waals surface area (Å²) in [5, 5.41) is 0. The van der Waals surface area contributed by atoms with E-state index in [1.54, 1.807) is 0 Å². The molecule has 1 aromatic carbocycles. The molecule has 1 saturated carbocycles. The Morgan fingerprint density at radius 2 is 2.06 bits per heavy atom. The van der Waals surface area contributed by atoms with Crippen molar-refractivity contribution in [3.63, 3.8) is 0 Å². The van der Waals surface area contributed by atoms with Crippen molar-refractivity contribution in [2.75, 3.05) is 0 Å². The lowest BCUT2D eigenvalue weighted by Gasteiger charge is -2.16. The average molecular weight is 246 g/mol. The molecule has 0 heterocycles. The van der Waals surface area contributed by atoms with Gasteiger partial charge in [-0.3, -0.25) is 4.79 Å². The van der Waals surface area contributed by atoms with Crippen molar-refractivity contribution in [2.24, 2.45) is 0 Å². The van der Waals surface area contributed by atoms with Gasteiger partial charge in [0, 0.05) is 12.3 Å². The van der Waals surface area contributed by atoms with E-state index in [4.69, 9.17) is 4.74 Å². The molecule has 1 atom stereocenters. The third-order valence-corrected chi connectivity index (χ3v) is 3.44. The van der Waals surface area contributed by atoms with Gasteiger partial charge in [0.05, 0.1) is 6.10 Å². The van der Waals surface area contributed by atoms with Crippen LogP contribution in [0.4, 0.5) is 0 Å². The van der Waals surface area contributed by atoms with Crippen LogP contribution < -0.4 is 4.74 Å². The molecular weight excluding hydrogens is 224 g/mol. The molecule has 1 aromatic rings. The number of hydrogen-bond acceptors (Lipinski definition) is 2. The Morgan fingerprint density at radius 3 is 2.83 bits per heavy atom. The van der Waals surface area contributed by atoms with Crippen molar-refractivity contribution in [1.82, 2.24) is 0 Å².